The lowest BCUT2D eigenvalue weighted by molar-refractivity contribution is -0.0808. The van der Waals surface area contributed by atoms with Gasteiger partial charge in [-0.3, -0.25) is 4.90 Å². The van der Waals surface area contributed by atoms with Crippen LogP contribution in [0.25, 0.3) is 0 Å². The number of amides is 1. The van der Waals surface area contributed by atoms with Crippen LogP contribution in [0.2, 0.25) is 0 Å². The minimum absolute atomic E-state index is 0.330. The number of rotatable bonds is 6. The quantitative estimate of drug-likeness (QED) is 0.713. The molecule has 1 fully saturated rings. The summed E-state index contributed by atoms with van der Waals surface area (Å²) in [6.07, 6.45) is -0.210. The van der Waals surface area contributed by atoms with Crippen LogP contribution in [0, 0.1) is 0 Å². The summed E-state index contributed by atoms with van der Waals surface area (Å²) in [7, 11) is -2.62. The summed E-state index contributed by atoms with van der Waals surface area (Å²) in [5.74, 6) is -3.16. The number of hydrogen-bond donors (Lipinski definition) is 1. The zero-order chi connectivity index (χ0) is 22.9. The molecule has 1 heterocycles. The molecule has 30 heavy (non-hydrogen) atoms. The fourth-order valence-electron chi connectivity index (χ4n) is 3.26. The van der Waals surface area contributed by atoms with Gasteiger partial charge in [-0.25, -0.2) is 22.0 Å². The molecule has 1 aliphatic rings. The Bertz CT molecular complexity index is 855. The maximum absolute atomic E-state index is 15.2. The number of alkyl halides is 2. The van der Waals surface area contributed by atoms with Crippen LogP contribution in [0.4, 0.5) is 13.6 Å². The van der Waals surface area contributed by atoms with E-state index in [0.29, 0.717) is 20.5 Å². The predicted molar refractivity (Wildman–Crippen MR) is 106 cm³/mol. The van der Waals surface area contributed by atoms with Crippen molar-refractivity contribution < 1.29 is 36.6 Å². The zero-order valence-electron chi connectivity index (χ0n) is 17.6. The Balaban J connectivity index is 2.38. The number of halogens is 2. The van der Waals surface area contributed by atoms with Gasteiger partial charge in [-0.15, -0.1) is 0 Å². The normalized spacial score (nSPS) is 21.7. The van der Waals surface area contributed by atoms with Gasteiger partial charge in [0.25, 0.3) is 5.92 Å². The van der Waals surface area contributed by atoms with E-state index in [2.05, 4.69) is 0 Å². The highest BCUT2D eigenvalue weighted by atomic mass is 32.2. The summed E-state index contributed by atoms with van der Waals surface area (Å²) in [5.41, 5.74) is -0.474. The number of carbonyl (C=O) groups excluding carboxylic acids is 1. The van der Waals surface area contributed by atoms with E-state index < -0.39 is 52.9 Å². The number of ether oxygens (including phenoxy) is 2. The zero-order valence-corrected chi connectivity index (χ0v) is 18.4. The van der Waals surface area contributed by atoms with E-state index in [1.165, 1.54) is 7.11 Å². The molecule has 0 saturated carbocycles. The average molecular weight is 451 g/mol. The van der Waals surface area contributed by atoms with Crippen molar-refractivity contribution in [1.29, 1.82) is 0 Å². The highest BCUT2D eigenvalue weighted by Crippen LogP contribution is 2.39. The first-order chi connectivity index (χ1) is 13.7. The third-order valence-corrected chi connectivity index (χ3v) is 5.94. The van der Waals surface area contributed by atoms with E-state index in [1.54, 1.807) is 45.0 Å². The van der Waals surface area contributed by atoms with Crippen molar-refractivity contribution in [2.45, 2.75) is 50.9 Å². The number of nitrogens with zero attached hydrogens (tertiary/aromatic N) is 2. The van der Waals surface area contributed by atoms with Crippen LogP contribution < -0.4 is 4.74 Å². The van der Waals surface area contributed by atoms with E-state index in [4.69, 9.17) is 9.47 Å². The van der Waals surface area contributed by atoms with Crippen LogP contribution in [0.15, 0.2) is 24.3 Å². The van der Waals surface area contributed by atoms with E-state index in [-0.39, 0.29) is 6.54 Å². The lowest BCUT2D eigenvalue weighted by Gasteiger charge is -2.31. The van der Waals surface area contributed by atoms with Gasteiger partial charge in [-0.05, 0) is 38.5 Å². The number of aliphatic hydroxyl groups is 1. The van der Waals surface area contributed by atoms with Gasteiger partial charge in [-0.1, -0.05) is 12.1 Å². The SMILES string of the molecule is COc1ccc(CN([C@@H]2CN(C(=O)OC(C)(C)C)[C@H](CO)C2(F)F)S(C)(=O)=O)cc1. The largest absolute Gasteiger partial charge is 0.497 e. The molecule has 1 saturated heterocycles. The van der Waals surface area contributed by atoms with Gasteiger partial charge in [0.15, 0.2) is 0 Å². The van der Waals surface area contributed by atoms with E-state index in [9.17, 15) is 18.3 Å². The van der Waals surface area contributed by atoms with Crippen molar-refractivity contribution >= 4 is 16.1 Å². The molecule has 0 unspecified atom stereocenters. The van der Waals surface area contributed by atoms with Crippen LogP contribution in [0.1, 0.15) is 26.3 Å². The maximum Gasteiger partial charge on any atom is 0.410 e. The number of hydrogen-bond acceptors (Lipinski definition) is 6. The van der Waals surface area contributed by atoms with Crippen LogP contribution in [-0.4, -0.2) is 78.9 Å². The molecule has 8 nitrogen and oxygen atoms in total. The van der Waals surface area contributed by atoms with Gasteiger partial charge in [0.2, 0.25) is 10.0 Å². The number of aliphatic hydroxyl groups excluding tert-OH is 1. The third kappa shape index (κ3) is 5.38. The summed E-state index contributed by atoms with van der Waals surface area (Å²) in [5, 5.41) is 9.56. The molecular weight excluding hydrogens is 422 g/mol. The van der Waals surface area contributed by atoms with E-state index in [0.717, 1.165) is 6.26 Å². The maximum atomic E-state index is 15.2. The van der Waals surface area contributed by atoms with Gasteiger partial charge < -0.3 is 14.6 Å². The smallest absolute Gasteiger partial charge is 0.410 e. The van der Waals surface area contributed by atoms with Crippen LogP contribution in [0.5, 0.6) is 5.75 Å². The van der Waals surface area contributed by atoms with Crippen LogP contribution >= 0.6 is 0 Å². The monoisotopic (exact) mass is 450 g/mol. The molecule has 2 rings (SSSR count). The lowest BCUT2D eigenvalue weighted by atomic mass is 10.1. The van der Waals surface area contributed by atoms with Crippen molar-refractivity contribution in [3.05, 3.63) is 29.8 Å². The summed E-state index contributed by atoms with van der Waals surface area (Å²) in [6, 6.07) is 2.55. The first-order valence-corrected chi connectivity index (χ1v) is 11.1. The molecule has 0 radical (unpaired) electrons. The summed E-state index contributed by atoms with van der Waals surface area (Å²) in [6.45, 7) is 2.76. The second-order valence-electron chi connectivity index (χ2n) is 8.18. The van der Waals surface area contributed by atoms with Crippen LogP contribution in [0.3, 0.4) is 0 Å². The molecule has 0 aliphatic carbocycles. The number of methoxy groups -OCH3 is 1. The Hall–Kier alpha value is -1.98. The van der Waals surface area contributed by atoms with Crippen molar-refractivity contribution in [2.24, 2.45) is 0 Å². The minimum Gasteiger partial charge on any atom is -0.497 e. The van der Waals surface area contributed by atoms with Crippen molar-refractivity contribution in [1.82, 2.24) is 9.21 Å². The first-order valence-electron chi connectivity index (χ1n) is 9.28. The first kappa shape index (κ1) is 24.3. The molecule has 1 aromatic rings. The molecule has 1 aromatic carbocycles. The van der Waals surface area contributed by atoms with Crippen LogP contribution in [-0.2, 0) is 21.3 Å². The standard InChI is InChI=1S/C19H28F2N2O6S/c1-18(2,3)29-17(25)22-11-15(19(20,21)16(22)12-24)23(30(5,26)27)10-13-6-8-14(28-4)9-7-13/h6-9,15-16,24H,10-12H2,1-5H3/t15-,16-/m1/s1. The molecule has 170 valence electrons. The molecule has 2 atom stereocenters. The van der Waals surface area contributed by atoms with Gasteiger partial charge >= 0.3 is 6.09 Å². The number of carbonyl (C=O) groups is 1. The molecule has 1 N–H and O–H groups in total. The Morgan fingerprint density at radius 1 is 1.30 bits per heavy atom. The van der Waals surface area contributed by atoms with E-state index >= 15 is 8.78 Å². The average Bonchev–Trinajstić information content (AvgIpc) is 2.88. The molecule has 0 aromatic heterocycles. The molecule has 0 bridgehead atoms. The molecule has 11 heteroatoms. The highest BCUT2D eigenvalue weighted by Gasteiger charge is 2.61. The van der Waals surface area contributed by atoms with Crippen molar-refractivity contribution in [3.63, 3.8) is 0 Å². The summed E-state index contributed by atoms with van der Waals surface area (Å²) >= 11 is 0. The topological polar surface area (TPSA) is 96.4 Å². The second-order valence-corrected chi connectivity index (χ2v) is 10.1. The van der Waals surface area contributed by atoms with Gasteiger partial charge in [0.1, 0.15) is 23.4 Å². The van der Waals surface area contributed by atoms with Gasteiger partial charge in [-0.2, -0.15) is 4.31 Å². The molecule has 1 amide bonds. The highest BCUT2D eigenvalue weighted by molar-refractivity contribution is 7.88. The predicted octanol–water partition coefficient (Wildman–Crippen LogP) is 2.07. The fourth-order valence-corrected chi connectivity index (χ4v) is 4.31. The lowest BCUT2D eigenvalue weighted by Crippen LogP contribution is -2.52. The van der Waals surface area contributed by atoms with Gasteiger partial charge in [0.05, 0.1) is 20.0 Å². The molecule has 0 spiro atoms. The Kier molecular flexibility index (Phi) is 6.99. The summed E-state index contributed by atoms with van der Waals surface area (Å²) < 4.78 is 66.0. The Morgan fingerprint density at radius 3 is 2.30 bits per heavy atom. The van der Waals surface area contributed by atoms with Gasteiger partial charge in [0, 0.05) is 13.1 Å². The molecule has 1 aliphatic heterocycles. The van der Waals surface area contributed by atoms with Crippen molar-refractivity contribution in [2.75, 3.05) is 26.5 Å². The minimum atomic E-state index is -4.09. The molecular formula is C19H28F2N2O6S. The number of likely N-dealkylation sites (tertiary alicyclic amines) is 1. The fraction of sp³-hybridized carbons (Fsp3) is 0.632. The third-order valence-electron chi connectivity index (χ3n) is 4.71. The second kappa shape index (κ2) is 8.64. The Morgan fingerprint density at radius 2 is 1.87 bits per heavy atom. The number of sulfonamides is 1. The summed E-state index contributed by atoms with van der Waals surface area (Å²) in [4.78, 5) is 13.1. The van der Waals surface area contributed by atoms with E-state index in [1.807, 2.05) is 0 Å². The van der Waals surface area contributed by atoms with Crippen molar-refractivity contribution in [3.8, 4) is 5.75 Å². The number of benzene rings is 1. The Labute approximate surface area is 175 Å².